The van der Waals surface area contributed by atoms with Crippen molar-refractivity contribution in [1.82, 2.24) is 4.90 Å². The molecule has 6 nitrogen and oxygen atoms in total. The minimum absolute atomic E-state index is 0.130. The van der Waals surface area contributed by atoms with Gasteiger partial charge < -0.3 is 10.2 Å². The topological polar surface area (TPSA) is 75.5 Å². The molecule has 1 saturated carbocycles. The maximum atomic E-state index is 12.6. The molecule has 1 aromatic carbocycles. The summed E-state index contributed by atoms with van der Waals surface area (Å²) in [5.41, 5.74) is 0.426. The summed E-state index contributed by atoms with van der Waals surface area (Å²) in [4.78, 5) is 25.1. The smallest absolute Gasteiger partial charge is 0.305 e. The number of benzene rings is 1. The average Bonchev–Trinajstić information content (AvgIpc) is 2.99. The SMILES string of the molecule is CCNc1cccc(C(=O)N(C)C2CCCC2)c1[N+](=O)[O-]. The molecule has 114 valence electrons. The van der Waals surface area contributed by atoms with Crippen molar-refractivity contribution in [2.24, 2.45) is 0 Å². The van der Waals surface area contributed by atoms with E-state index in [0.717, 1.165) is 25.7 Å². The highest BCUT2D eigenvalue weighted by Gasteiger charge is 2.30. The molecule has 1 N–H and O–H groups in total. The number of rotatable bonds is 5. The van der Waals surface area contributed by atoms with Crippen LogP contribution >= 0.6 is 0 Å². The highest BCUT2D eigenvalue weighted by molar-refractivity contribution is 6.00. The Labute approximate surface area is 124 Å². The lowest BCUT2D eigenvalue weighted by Gasteiger charge is -2.24. The van der Waals surface area contributed by atoms with Crippen molar-refractivity contribution in [3.05, 3.63) is 33.9 Å². The first-order valence-corrected chi connectivity index (χ1v) is 7.34. The van der Waals surface area contributed by atoms with Gasteiger partial charge in [0, 0.05) is 19.6 Å². The fraction of sp³-hybridized carbons (Fsp3) is 0.533. The van der Waals surface area contributed by atoms with E-state index in [9.17, 15) is 14.9 Å². The molecular formula is C15H21N3O3. The number of amides is 1. The summed E-state index contributed by atoms with van der Waals surface area (Å²) in [7, 11) is 1.74. The highest BCUT2D eigenvalue weighted by atomic mass is 16.6. The van der Waals surface area contributed by atoms with Crippen LogP contribution in [0.1, 0.15) is 43.0 Å². The van der Waals surface area contributed by atoms with Crippen molar-refractivity contribution in [2.45, 2.75) is 38.6 Å². The van der Waals surface area contributed by atoms with Gasteiger partial charge in [0.1, 0.15) is 11.3 Å². The first-order chi connectivity index (χ1) is 10.1. The lowest BCUT2D eigenvalue weighted by atomic mass is 10.1. The molecular weight excluding hydrogens is 270 g/mol. The number of hydrogen-bond donors (Lipinski definition) is 1. The lowest BCUT2D eigenvalue weighted by molar-refractivity contribution is -0.384. The largest absolute Gasteiger partial charge is 0.380 e. The van der Waals surface area contributed by atoms with Crippen LogP contribution in [0.3, 0.4) is 0 Å². The van der Waals surface area contributed by atoms with Gasteiger partial charge in [0.05, 0.1) is 4.92 Å². The van der Waals surface area contributed by atoms with Gasteiger partial charge in [-0.05, 0) is 31.9 Å². The molecule has 0 unspecified atom stereocenters. The molecule has 0 aromatic heterocycles. The second kappa shape index (κ2) is 6.56. The number of nitrogens with one attached hydrogen (secondary N) is 1. The molecule has 0 bridgehead atoms. The Morgan fingerprint density at radius 3 is 2.67 bits per heavy atom. The number of anilines is 1. The summed E-state index contributed by atoms with van der Waals surface area (Å²) < 4.78 is 0. The van der Waals surface area contributed by atoms with Gasteiger partial charge in [0.15, 0.2) is 0 Å². The molecule has 0 atom stereocenters. The summed E-state index contributed by atoms with van der Waals surface area (Å²) in [6.07, 6.45) is 4.18. The van der Waals surface area contributed by atoms with Gasteiger partial charge in [-0.2, -0.15) is 0 Å². The van der Waals surface area contributed by atoms with Crippen LogP contribution < -0.4 is 5.32 Å². The van der Waals surface area contributed by atoms with Crippen molar-refractivity contribution < 1.29 is 9.72 Å². The first-order valence-electron chi connectivity index (χ1n) is 7.34. The van der Waals surface area contributed by atoms with Crippen LogP contribution in [0.4, 0.5) is 11.4 Å². The molecule has 2 rings (SSSR count). The van der Waals surface area contributed by atoms with Crippen molar-refractivity contribution in [1.29, 1.82) is 0 Å². The molecule has 0 spiro atoms. The van der Waals surface area contributed by atoms with E-state index in [-0.39, 0.29) is 23.2 Å². The van der Waals surface area contributed by atoms with Gasteiger partial charge in [-0.1, -0.05) is 18.9 Å². The summed E-state index contributed by atoms with van der Waals surface area (Å²) in [5, 5.41) is 14.3. The Morgan fingerprint density at radius 2 is 2.10 bits per heavy atom. The van der Waals surface area contributed by atoms with Crippen molar-refractivity contribution in [3.8, 4) is 0 Å². The fourth-order valence-electron chi connectivity index (χ4n) is 2.89. The van der Waals surface area contributed by atoms with Crippen LogP contribution in [0.15, 0.2) is 18.2 Å². The molecule has 6 heteroatoms. The highest BCUT2D eigenvalue weighted by Crippen LogP contribution is 2.31. The zero-order valence-corrected chi connectivity index (χ0v) is 12.5. The molecule has 21 heavy (non-hydrogen) atoms. The van der Waals surface area contributed by atoms with E-state index in [1.54, 1.807) is 24.1 Å². The van der Waals surface area contributed by atoms with Crippen LogP contribution in [0, 0.1) is 10.1 Å². The summed E-state index contributed by atoms with van der Waals surface area (Å²) in [6.45, 7) is 2.43. The third-order valence-corrected chi connectivity index (χ3v) is 4.01. The average molecular weight is 291 g/mol. The van der Waals surface area contributed by atoms with Crippen molar-refractivity contribution in [2.75, 3.05) is 18.9 Å². The Hall–Kier alpha value is -2.11. The molecule has 1 fully saturated rings. The minimum Gasteiger partial charge on any atom is -0.380 e. The van der Waals surface area contributed by atoms with E-state index in [1.165, 1.54) is 6.07 Å². The number of nitro groups is 1. The molecule has 0 aliphatic heterocycles. The Bertz CT molecular complexity index is 539. The van der Waals surface area contributed by atoms with Crippen LogP contribution in [0.5, 0.6) is 0 Å². The van der Waals surface area contributed by atoms with Gasteiger partial charge in [-0.25, -0.2) is 0 Å². The number of nitrogens with zero attached hydrogens (tertiary/aromatic N) is 2. The normalized spacial score (nSPS) is 15.0. The van der Waals surface area contributed by atoms with Crippen LogP contribution in [-0.4, -0.2) is 35.4 Å². The second-order valence-corrected chi connectivity index (χ2v) is 5.34. The predicted molar refractivity (Wildman–Crippen MR) is 81.6 cm³/mol. The van der Waals surface area contributed by atoms with Gasteiger partial charge in [-0.3, -0.25) is 14.9 Å². The first kappa shape index (κ1) is 15.3. The van der Waals surface area contributed by atoms with Gasteiger partial charge in [0.2, 0.25) is 0 Å². The maximum Gasteiger partial charge on any atom is 0.305 e. The molecule has 0 radical (unpaired) electrons. The zero-order chi connectivity index (χ0) is 15.4. The van der Waals surface area contributed by atoms with E-state index in [0.29, 0.717) is 12.2 Å². The standard InChI is InChI=1S/C15H21N3O3/c1-3-16-13-10-6-9-12(14(13)18(20)21)15(19)17(2)11-7-4-5-8-11/h6,9-11,16H,3-5,7-8H2,1-2H3. The summed E-state index contributed by atoms with van der Waals surface area (Å²) >= 11 is 0. The third kappa shape index (κ3) is 3.15. The number of carbonyl (C=O) groups excluding carboxylic acids is 1. The monoisotopic (exact) mass is 291 g/mol. The second-order valence-electron chi connectivity index (χ2n) is 5.34. The van der Waals surface area contributed by atoms with E-state index in [2.05, 4.69) is 5.32 Å². The van der Waals surface area contributed by atoms with Crippen molar-refractivity contribution in [3.63, 3.8) is 0 Å². The van der Waals surface area contributed by atoms with E-state index in [4.69, 9.17) is 0 Å². The maximum absolute atomic E-state index is 12.6. The number of hydrogen-bond acceptors (Lipinski definition) is 4. The molecule has 1 amide bonds. The Balaban J connectivity index is 2.35. The third-order valence-electron chi connectivity index (χ3n) is 4.01. The number of para-hydroxylation sites is 1. The lowest BCUT2D eigenvalue weighted by Crippen LogP contribution is -2.35. The van der Waals surface area contributed by atoms with Crippen LogP contribution in [0.2, 0.25) is 0 Å². The van der Waals surface area contributed by atoms with E-state index >= 15 is 0 Å². The molecule has 0 saturated heterocycles. The van der Waals surface area contributed by atoms with Gasteiger partial charge >= 0.3 is 5.69 Å². The van der Waals surface area contributed by atoms with E-state index in [1.807, 2.05) is 6.92 Å². The van der Waals surface area contributed by atoms with Gasteiger partial charge in [0.25, 0.3) is 5.91 Å². The Kier molecular flexibility index (Phi) is 4.77. The molecule has 1 aliphatic rings. The van der Waals surface area contributed by atoms with Crippen molar-refractivity contribution >= 4 is 17.3 Å². The summed E-state index contributed by atoms with van der Waals surface area (Å²) in [6, 6.07) is 5.04. The van der Waals surface area contributed by atoms with E-state index < -0.39 is 4.92 Å². The predicted octanol–water partition coefficient (Wildman–Crippen LogP) is 3.04. The Morgan fingerprint density at radius 1 is 1.43 bits per heavy atom. The van der Waals surface area contributed by atoms with Gasteiger partial charge in [-0.15, -0.1) is 0 Å². The quantitative estimate of drug-likeness (QED) is 0.668. The van der Waals surface area contributed by atoms with Crippen LogP contribution in [-0.2, 0) is 0 Å². The number of nitro benzene ring substituents is 1. The number of carbonyl (C=O) groups is 1. The zero-order valence-electron chi connectivity index (χ0n) is 12.5. The minimum atomic E-state index is -0.478. The summed E-state index contributed by atoms with van der Waals surface area (Å²) in [5.74, 6) is -0.270. The molecule has 0 heterocycles. The molecule has 1 aliphatic carbocycles. The van der Waals surface area contributed by atoms with Crippen LogP contribution in [0.25, 0.3) is 0 Å². The fourth-order valence-corrected chi connectivity index (χ4v) is 2.89. The molecule has 1 aromatic rings.